The molecule has 0 bridgehead atoms. The van der Waals surface area contributed by atoms with E-state index in [1.54, 1.807) is 18.6 Å². The van der Waals surface area contributed by atoms with Crippen molar-refractivity contribution < 1.29 is 23.2 Å². The molecule has 13 nitrogen and oxygen atoms in total. The largest absolute Gasteiger partial charge is 0.696 e. The van der Waals surface area contributed by atoms with E-state index < -0.39 is 14.2 Å². The Morgan fingerprint density at radius 2 is 2.08 bits per heavy atom. The molecule has 0 radical (unpaired) electrons. The Morgan fingerprint density at radius 1 is 1.25 bits per heavy atom. The first-order valence-electron chi connectivity index (χ1n) is 11.4. The zero-order chi connectivity index (χ0) is 25.1. The van der Waals surface area contributed by atoms with Crippen molar-refractivity contribution in [2.45, 2.75) is 45.4 Å². The number of carbonyl (C=O) groups excluding carboxylic acids is 1. The minimum absolute atomic E-state index is 0.0665. The van der Waals surface area contributed by atoms with Gasteiger partial charge in [-0.25, -0.2) is 9.67 Å². The molecule has 14 heteroatoms. The molecule has 1 atom stereocenters. The van der Waals surface area contributed by atoms with Crippen molar-refractivity contribution in [1.82, 2.24) is 34.5 Å². The molecule has 0 aliphatic heterocycles. The van der Waals surface area contributed by atoms with E-state index in [9.17, 15) is 9.36 Å². The second-order valence-corrected chi connectivity index (χ2v) is 9.37. The number of nitrogens with zero attached hydrogens (tertiary/aromatic N) is 7. The summed E-state index contributed by atoms with van der Waals surface area (Å²) in [5, 5.41) is 11.6. The predicted octanol–water partition coefficient (Wildman–Crippen LogP) is 3.82. The van der Waals surface area contributed by atoms with Crippen molar-refractivity contribution in [2.75, 3.05) is 5.32 Å². The molecule has 5 rings (SSSR count). The number of nitrogens with one attached hydrogen (secondary N) is 1. The van der Waals surface area contributed by atoms with Gasteiger partial charge in [0.2, 0.25) is 5.89 Å². The molecule has 1 unspecified atom stereocenters. The summed E-state index contributed by atoms with van der Waals surface area (Å²) in [6.07, 6.45) is 15.1. The van der Waals surface area contributed by atoms with Gasteiger partial charge in [0.25, 0.3) is 5.91 Å². The first kappa shape index (κ1) is 23.9. The van der Waals surface area contributed by atoms with Crippen molar-refractivity contribution in [3.63, 3.8) is 0 Å². The Balaban J connectivity index is 1.35. The van der Waals surface area contributed by atoms with Gasteiger partial charge in [-0.3, -0.25) is 19.4 Å². The maximum atomic E-state index is 13.0. The molecule has 1 aliphatic rings. The molecule has 36 heavy (non-hydrogen) atoms. The number of anilines is 1. The van der Waals surface area contributed by atoms with Gasteiger partial charge in [-0.15, -0.1) is 4.89 Å². The fraction of sp³-hybridized carbons (Fsp3) is 0.364. The second-order valence-electron chi connectivity index (χ2n) is 8.63. The highest BCUT2D eigenvalue weighted by atomic mass is 31.1. The Kier molecular flexibility index (Phi) is 6.94. The summed E-state index contributed by atoms with van der Waals surface area (Å²) in [5.74, 6) is 0.400. The quantitative estimate of drug-likeness (QED) is 0.332. The zero-order valence-corrected chi connectivity index (χ0v) is 20.3. The summed E-state index contributed by atoms with van der Waals surface area (Å²) in [6.45, 7) is 2.05. The van der Waals surface area contributed by atoms with Crippen LogP contribution >= 0.6 is 8.25 Å². The first-order valence-corrected chi connectivity index (χ1v) is 12.5. The summed E-state index contributed by atoms with van der Waals surface area (Å²) in [7, 11) is -2.74. The van der Waals surface area contributed by atoms with E-state index in [2.05, 4.69) is 36.8 Å². The molecule has 2 N–H and O–H groups in total. The van der Waals surface area contributed by atoms with Gasteiger partial charge in [0.1, 0.15) is 17.7 Å². The Labute approximate surface area is 206 Å². The van der Waals surface area contributed by atoms with Crippen LogP contribution in [0.25, 0.3) is 22.8 Å². The summed E-state index contributed by atoms with van der Waals surface area (Å²) in [5.41, 5.74) is 2.13. The fourth-order valence-electron chi connectivity index (χ4n) is 4.14. The highest BCUT2D eigenvalue weighted by Crippen LogP contribution is 2.34. The Bertz CT molecular complexity index is 1360. The number of rotatable bonds is 8. The van der Waals surface area contributed by atoms with Gasteiger partial charge in [0, 0.05) is 29.4 Å². The van der Waals surface area contributed by atoms with Crippen LogP contribution in [0, 0.1) is 5.92 Å². The van der Waals surface area contributed by atoms with Crippen LogP contribution in [0.2, 0.25) is 0 Å². The highest BCUT2D eigenvalue weighted by Gasteiger charge is 2.24. The van der Waals surface area contributed by atoms with Crippen molar-refractivity contribution in [2.24, 2.45) is 5.92 Å². The normalized spacial score (nSPS) is 18.2. The molecular weight excluding hydrogens is 487 g/mol. The molecule has 1 saturated carbocycles. The average Bonchev–Trinajstić information content (AvgIpc) is 3.63. The van der Waals surface area contributed by atoms with Crippen molar-refractivity contribution in [3.05, 3.63) is 49.1 Å². The van der Waals surface area contributed by atoms with Gasteiger partial charge in [-0.2, -0.15) is 10.2 Å². The molecule has 1 aliphatic carbocycles. The standard InChI is InChI=1S/C22H23N8O5P/c1-14-2-4-16(5-3-14)30-11-18(20(28-30)17-9-23-6-7-24-17)26-21(31)19-12-34-22(27-19)15-8-25-29(10-15)13-35-36(32)33/h6-12,14,16H,2-5,13H2,1H3,(H-,26,31,32,33)/p+1. The van der Waals surface area contributed by atoms with Gasteiger partial charge < -0.3 is 9.73 Å². The topological polar surface area (TPSA) is 163 Å². The molecular formula is C22H24N8O5P+. The lowest BCUT2D eigenvalue weighted by Crippen LogP contribution is -2.17. The molecule has 0 spiro atoms. The molecule has 0 saturated heterocycles. The molecule has 4 aromatic rings. The number of carbonyl (C=O) groups is 1. The lowest BCUT2D eigenvalue weighted by Gasteiger charge is -2.26. The number of aromatic nitrogens is 7. The van der Waals surface area contributed by atoms with Crippen molar-refractivity contribution in [1.29, 1.82) is 0 Å². The minimum Gasteiger partial charge on any atom is -0.444 e. The highest BCUT2D eigenvalue weighted by molar-refractivity contribution is 7.32. The lowest BCUT2D eigenvalue weighted by atomic mass is 9.87. The zero-order valence-electron chi connectivity index (χ0n) is 19.4. The van der Waals surface area contributed by atoms with Crippen molar-refractivity contribution >= 4 is 19.8 Å². The van der Waals surface area contributed by atoms with Crippen LogP contribution in [0.5, 0.6) is 0 Å². The average molecular weight is 511 g/mol. The van der Waals surface area contributed by atoms with Gasteiger partial charge in [-0.1, -0.05) is 11.4 Å². The van der Waals surface area contributed by atoms with E-state index in [4.69, 9.17) is 14.4 Å². The van der Waals surface area contributed by atoms with E-state index >= 15 is 0 Å². The third-order valence-corrected chi connectivity index (χ3v) is 6.40. The second kappa shape index (κ2) is 10.4. The Hall–Kier alpha value is -3.80. The molecule has 1 fully saturated rings. The van der Waals surface area contributed by atoms with Crippen LogP contribution in [-0.2, 0) is 15.8 Å². The number of hydrogen-bond donors (Lipinski definition) is 2. The fourth-order valence-corrected chi connectivity index (χ4v) is 4.35. The summed E-state index contributed by atoms with van der Waals surface area (Å²) >= 11 is 0. The summed E-state index contributed by atoms with van der Waals surface area (Å²) in [4.78, 5) is 34.6. The lowest BCUT2D eigenvalue weighted by molar-refractivity contribution is 0.102. The van der Waals surface area contributed by atoms with Crippen LogP contribution in [0.15, 0.2) is 47.9 Å². The summed E-state index contributed by atoms with van der Waals surface area (Å²) < 4.78 is 24.0. The maximum Gasteiger partial charge on any atom is 0.696 e. The van der Waals surface area contributed by atoms with E-state index in [1.807, 2.05) is 10.9 Å². The van der Waals surface area contributed by atoms with Crippen molar-refractivity contribution in [3.8, 4) is 22.8 Å². The van der Waals surface area contributed by atoms with E-state index in [-0.39, 0.29) is 24.4 Å². The monoisotopic (exact) mass is 511 g/mol. The number of amides is 1. The number of hydrogen-bond acceptors (Lipinski definition) is 9. The minimum atomic E-state index is -2.74. The van der Waals surface area contributed by atoms with Gasteiger partial charge in [-0.05, 0) is 31.6 Å². The molecule has 186 valence electrons. The Morgan fingerprint density at radius 3 is 2.83 bits per heavy atom. The van der Waals surface area contributed by atoms with E-state index in [0.717, 1.165) is 25.7 Å². The summed E-state index contributed by atoms with van der Waals surface area (Å²) in [6, 6.07) is 0.255. The molecule has 4 aromatic heterocycles. The van der Waals surface area contributed by atoms with Crippen LogP contribution in [-0.4, -0.2) is 45.3 Å². The van der Waals surface area contributed by atoms with Crippen LogP contribution in [0.1, 0.15) is 49.1 Å². The van der Waals surface area contributed by atoms with Gasteiger partial charge in [0.05, 0.1) is 29.7 Å². The van der Waals surface area contributed by atoms with E-state index in [0.29, 0.717) is 28.6 Å². The third kappa shape index (κ3) is 5.38. The van der Waals surface area contributed by atoms with E-state index in [1.165, 1.54) is 23.3 Å². The smallest absolute Gasteiger partial charge is 0.444 e. The van der Waals surface area contributed by atoms with Gasteiger partial charge in [0.15, 0.2) is 12.4 Å². The molecule has 1 amide bonds. The SMILES string of the molecule is CC1CCC(n2cc(NC(=O)c3coc(-c4cnn(CO[P+](=O)O)c4)n3)c(-c3cnccn3)n2)CC1. The molecule has 4 heterocycles. The van der Waals surface area contributed by atoms with Gasteiger partial charge >= 0.3 is 8.25 Å². The molecule has 0 aromatic carbocycles. The van der Waals surface area contributed by atoms with Crippen LogP contribution in [0.3, 0.4) is 0 Å². The van der Waals surface area contributed by atoms with Crippen LogP contribution < -0.4 is 5.32 Å². The van der Waals surface area contributed by atoms with Crippen LogP contribution in [0.4, 0.5) is 5.69 Å². The first-order chi connectivity index (χ1) is 17.5. The number of oxazole rings is 1. The third-order valence-electron chi connectivity index (χ3n) is 6.06. The predicted molar refractivity (Wildman–Crippen MR) is 127 cm³/mol. The maximum absolute atomic E-state index is 13.0.